The largest absolute Gasteiger partial charge is 0.490 e. The lowest BCUT2D eigenvalue weighted by atomic mass is 9.91. The highest BCUT2D eigenvalue weighted by Crippen LogP contribution is 2.29. The number of carboxylic acids is 1. The predicted molar refractivity (Wildman–Crippen MR) is 147 cm³/mol. The first-order chi connectivity index (χ1) is 19.1. The van der Waals surface area contributed by atoms with E-state index in [0.717, 1.165) is 61.9 Å². The summed E-state index contributed by atoms with van der Waals surface area (Å²) in [7, 11) is 0. The number of carboxylic acid groups (broad SMARTS) is 1. The number of halogens is 4. The number of carbonyl (C=O) groups excluding carboxylic acids is 1. The first-order valence-electron chi connectivity index (χ1n) is 13.4. The number of anilines is 1. The summed E-state index contributed by atoms with van der Waals surface area (Å²) in [6.07, 6.45) is 4.43. The minimum atomic E-state index is -5.08. The van der Waals surface area contributed by atoms with Crippen molar-refractivity contribution < 1.29 is 27.9 Å². The first kappa shape index (κ1) is 29.6. The number of alkyl halides is 3. The number of amides is 1. The van der Waals surface area contributed by atoms with E-state index >= 15 is 0 Å². The summed E-state index contributed by atoms with van der Waals surface area (Å²) in [6, 6.07) is 14.8. The molecule has 40 heavy (non-hydrogen) atoms. The number of benzene rings is 2. The number of carbonyl (C=O) groups is 2. The Labute approximate surface area is 235 Å². The van der Waals surface area contributed by atoms with Crippen LogP contribution in [0.1, 0.15) is 59.8 Å². The van der Waals surface area contributed by atoms with E-state index in [2.05, 4.69) is 34.4 Å². The molecule has 0 bridgehead atoms. The monoisotopic (exact) mass is 576 g/mol. The van der Waals surface area contributed by atoms with Crippen molar-refractivity contribution in [1.29, 1.82) is 0 Å². The number of aromatic nitrogens is 2. The highest BCUT2D eigenvalue weighted by atomic mass is 35.5. The Morgan fingerprint density at radius 2 is 1.77 bits per heavy atom. The van der Waals surface area contributed by atoms with Crippen LogP contribution in [-0.4, -0.2) is 57.0 Å². The molecule has 1 aromatic heterocycles. The number of aliphatic carboxylic acids is 1. The number of nitrogens with one attached hydrogen (secondary N) is 1. The molecule has 0 saturated heterocycles. The molecule has 1 aliphatic heterocycles. The van der Waals surface area contributed by atoms with Crippen LogP contribution in [0.4, 0.5) is 18.9 Å². The van der Waals surface area contributed by atoms with Crippen LogP contribution in [0, 0.1) is 0 Å². The third kappa shape index (κ3) is 7.03. The smallest absolute Gasteiger partial charge is 0.475 e. The predicted octanol–water partition coefficient (Wildman–Crippen LogP) is 6.32. The minimum absolute atomic E-state index is 0.124. The molecule has 1 amide bonds. The molecule has 2 N–H and O–H groups in total. The third-order valence-electron chi connectivity index (χ3n) is 7.32. The van der Waals surface area contributed by atoms with Gasteiger partial charge in [-0.15, -0.1) is 0 Å². The second-order valence-electron chi connectivity index (χ2n) is 9.98. The number of hydrogen-bond donors (Lipinski definition) is 2. The highest BCUT2D eigenvalue weighted by Gasteiger charge is 2.38. The molecular formula is C29H32ClF3N4O3. The van der Waals surface area contributed by atoms with Crippen LogP contribution in [0.25, 0.3) is 5.69 Å². The Kier molecular flexibility index (Phi) is 9.52. The Hall–Kier alpha value is -3.37. The molecule has 1 saturated carbocycles. The van der Waals surface area contributed by atoms with Crippen LogP contribution in [0.3, 0.4) is 0 Å². The highest BCUT2D eigenvalue weighted by molar-refractivity contribution is 6.32. The van der Waals surface area contributed by atoms with Crippen LogP contribution < -0.4 is 5.32 Å². The quantitative estimate of drug-likeness (QED) is 0.359. The van der Waals surface area contributed by atoms with Crippen LogP contribution in [-0.2, 0) is 24.1 Å². The third-order valence-corrected chi connectivity index (χ3v) is 7.63. The normalized spacial score (nSPS) is 15.7. The molecule has 1 aliphatic carbocycles. The van der Waals surface area contributed by atoms with Crippen molar-refractivity contribution in [2.45, 2.75) is 64.1 Å². The van der Waals surface area contributed by atoms with Gasteiger partial charge < -0.3 is 10.4 Å². The van der Waals surface area contributed by atoms with Gasteiger partial charge in [-0.2, -0.15) is 18.3 Å². The van der Waals surface area contributed by atoms with Gasteiger partial charge in [0, 0.05) is 24.8 Å². The van der Waals surface area contributed by atoms with Crippen molar-refractivity contribution in [2.75, 3.05) is 18.4 Å². The van der Waals surface area contributed by atoms with Crippen molar-refractivity contribution in [2.24, 2.45) is 0 Å². The Balaban J connectivity index is 0.000000470. The van der Waals surface area contributed by atoms with E-state index in [1.165, 1.54) is 30.4 Å². The second kappa shape index (κ2) is 12.9. The van der Waals surface area contributed by atoms with E-state index in [0.29, 0.717) is 10.6 Å². The van der Waals surface area contributed by atoms with E-state index in [9.17, 15) is 18.0 Å². The number of para-hydroxylation sites is 1. The fourth-order valence-corrected chi connectivity index (χ4v) is 5.22. The number of rotatable bonds is 6. The fraction of sp³-hybridized carbons (Fsp3) is 0.414. The summed E-state index contributed by atoms with van der Waals surface area (Å²) in [5.41, 5.74) is 5.89. The van der Waals surface area contributed by atoms with Crippen molar-refractivity contribution in [3.8, 4) is 5.69 Å². The summed E-state index contributed by atoms with van der Waals surface area (Å²) in [4.78, 5) is 24.8. The zero-order valence-electron chi connectivity index (χ0n) is 22.2. The molecule has 214 valence electrons. The van der Waals surface area contributed by atoms with E-state index in [4.69, 9.17) is 21.5 Å². The van der Waals surface area contributed by atoms with Gasteiger partial charge >= 0.3 is 12.1 Å². The molecular weight excluding hydrogens is 545 g/mol. The average Bonchev–Trinajstić information content (AvgIpc) is 3.18. The van der Waals surface area contributed by atoms with Crippen molar-refractivity contribution in [3.05, 3.63) is 76.1 Å². The van der Waals surface area contributed by atoms with Crippen LogP contribution in [0.15, 0.2) is 48.7 Å². The molecule has 0 unspecified atom stereocenters. The average molecular weight is 577 g/mol. The van der Waals surface area contributed by atoms with Gasteiger partial charge in [-0.1, -0.05) is 49.6 Å². The van der Waals surface area contributed by atoms with Crippen LogP contribution in [0.2, 0.25) is 5.02 Å². The summed E-state index contributed by atoms with van der Waals surface area (Å²) in [5.74, 6) is -2.88. The Morgan fingerprint density at radius 1 is 1.10 bits per heavy atom. The molecule has 2 heterocycles. The number of fused-ring (bicyclic) bond motifs is 1. The van der Waals surface area contributed by atoms with Crippen LogP contribution >= 0.6 is 11.6 Å². The standard InChI is InChI=1S/C27H31ClN4O.C2HF3O2/c1-2-6-25-23(18-29-32(25)26-10-4-3-9-24(26)28)27(33)30-21-12-11-19-13-15-31(22-7-5-8-22)16-14-20(19)17-21;3-2(4,5)1(6)7/h3-4,9-12,17-18,22H,2,5-8,13-16H2,1H3,(H,30,33);(H,6,7). The summed E-state index contributed by atoms with van der Waals surface area (Å²) < 4.78 is 33.5. The number of nitrogens with zero attached hydrogens (tertiary/aromatic N) is 3. The van der Waals surface area contributed by atoms with E-state index in [1.807, 2.05) is 30.3 Å². The maximum absolute atomic E-state index is 13.3. The van der Waals surface area contributed by atoms with Gasteiger partial charge in [0.25, 0.3) is 5.91 Å². The lowest BCUT2D eigenvalue weighted by molar-refractivity contribution is -0.192. The maximum Gasteiger partial charge on any atom is 0.490 e. The molecule has 11 heteroatoms. The van der Waals surface area contributed by atoms with Gasteiger partial charge in [0.1, 0.15) is 0 Å². The van der Waals surface area contributed by atoms with E-state index in [-0.39, 0.29) is 5.91 Å². The minimum Gasteiger partial charge on any atom is -0.475 e. The Morgan fingerprint density at radius 3 is 2.38 bits per heavy atom. The number of hydrogen-bond acceptors (Lipinski definition) is 4. The molecule has 3 aromatic rings. The Bertz CT molecular complexity index is 1350. The van der Waals surface area contributed by atoms with E-state index in [1.54, 1.807) is 10.9 Å². The molecule has 1 fully saturated rings. The van der Waals surface area contributed by atoms with Gasteiger partial charge in [-0.3, -0.25) is 9.69 Å². The van der Waals surface area contributed by atoms with Gasteiger partial charge in [-0.25, -0.2) is 9.48 Å². The molecule has 7 nitrogen and oxygen atoms in total. The summed E-state index contributed by atoms with van der Waals surface area (Å²) >= 11 is 6.41. The van der Waals surface area contributed by atoms with Crippen molar-refractivity contribution in [3.63, 3.8) is 0 Å². The molecule has 2 aromatic carbocycles. The van der Waals surface area contributed by atoms with Crippen molar-refractivity contribution in [1.82, 2.24) is 14.7 Å². The van der Waals surface area contributed by atoms with Gasteiger partial charge in [0.2, 0.25) is 0 Å². The molecule has 2 aliphatic rings. The zero-order chi connectivity index (χ0) is 28.9. The molecule has 0 radical (unpaired) electrons. The molecule has 0 spiro atoms. The molecule has 5 rings (SSSR count). The van der Waals surface area contributed by atoms with Crippen LogP contribution in [0.5, 0.6) is 0 Å². The molecule has 0 atom stereocenters. The maximum atomic E-state index is 13.3. The first-order valence-corrected chi connectivity index (χ1v) is 13.8. The SMILES string of the molecule is CCCc1c(C(=O)Nc2ccc3c(c2)CCN(C2CCC2)CC3)cnn1-c1ccccc1Cl.O=C(O)C(F)(F)F. The lowest BCUT2D eigenvalue weighted by Crippen LogP contribution is -2.41. The van der Waals surface area contributed by atoms with E-state index < -0.39 is 12.1 Å². The van der Waals surface area contributed by atoms with Gasteiger partial charge in [0.15, 0.2) is 0 Å². The van der Waals surface area contributed by atoms with Gasteiger partial charge in [0.05, 0.1) is 28.2 Å². The fourth-order valence-electron chi connectivity index (χ4n) is 5.01. The summed E-state index contributed by atoms with van der Waals surface area (Å²) in [6.45, 7) is 4.36. The zero-order valence-corrected chi connectivity index (χ0v) is 22.9. The topological polar surface area (TPSA) is 87.5 Å². The second-order valence-corrected chi connectivity index (χ2v) is 10.4. The lowest BCUT2D eigenvalue weighted by Gasteiger charge is -2.36. The van der Waals surface area contributed by atoms with Gasteiger partial charge in [-0.05, 0) is 67.5 Å². The van der Waals surface area contributed by atoms with Crippen molar-refractivity contribution >= 4 is 29.2 Å². The summed E-state index contributed by atoms with van der Waals surface area (Å²) in [5, 5.41) is 15.4.